The third-order valence-electron chi connectivity index (χ3n) is 3.32. The molecule has 0 atom stereocenters. The van der Waals surface area contributed by atoms with Crippen LogP contribution in [-0.2, 0) is 0 Å². The van der Waals surface area contributed by atoms with Gasteiger partial charge in [0.2, 0.25) is 0 Å². The fraction of sp³-hybridized carbons (Fsp3) is 0.750. The molecular formula is C16H28. The van der Waals surface area contributed by atoms with E-state index in [2.05, 4.69) is 24.3 Å². The molecular weight excluding hydrogens is 192 g/mol. The Morgan fingerprint density at radius 3 is 0.812 bits per heavy atom. The SMILES string of the molecule is C1=C\CCCCCC/C=C/CCCCCC/1. The van der Waals surface area contributed by atoms with Crippen LogP contribution in [0.3, 0.4) is 0 Å². The molecule has 0 heteroatoms. The Balaban J connectivity index is 2.13. The Bertz CT molecular complexity index is 146. The topological polar surface area (TPSA) is 0 Å². The van der Waals surface area contributed by atoms with Crippen molar-refractivity contribution in [1.82, 2.24) is 0 Å². The van der Waals surface area contributed by atoms with Gasteiger partial charge in [0.1, 0.15) is 0 Å². The fourth-order valence-electron chi connectivity index (χ4n) is 2.23. The second kappa shape index (κ2) is 11.0. The molecule has 0 saturated carbocycles. The molecule has 0 spiro atoms. The molecule has 0 aromatic rings. The highest BCUT2D eigenvalue weighted by atomic mass is 14.0. The van der Waals surface area contributed by atoms with Crippen LogP contribution < -0.4 is 0 Å². The predicted octanol–water partition coefficient (Wildman–Crippen LogP) is 5.79. The fourth-order valence-corrected chi connectivity index (χ4v) is 2.23. The van der Waals surface area contributed by atoms with E-state index >= 15 is 0 Å². The molecule has 0 N–H and O–H groups in total. The van der Waals surface area contributed by atoms with Crippen molar-refractivity contribution in [2.45, 2.75) is 77.0 Å². The van der Waals surface area contributed by atoms with E-state index in [1.807, 2.05) is 0 Å². The maximum absolute atomic E-state index is 2.39. The Hall–Kier alpha value is -0.520. The van der Waals surface area contributed by atoms with Gasteiger partial charge in [-0.05, 0) is 51.4 Å². The van der Waals surface area contributed by atoms with Gasteiger partial charge < -0.3 is 0 Å². The number of allylic oxidation sites excluding steroid dienone is 4. The quantitative estimate of drug-likeness (QED) is 0.453. The van der Waals surface area contributed by atoms with E-state index in [-0.39, 0.29) is 0 Å². The molecule has 1 aliphatic carbocycles. The standard InChI is InChI=1S/C16H28/c1-2-4-6-8-10-12-14-16-15-13-11-9-7-5-3-1/h1-2,15-16H,3-14H2/b2-1-,16-15+. The van der Waals surface area contributed by atoms with E-state index in [4.69, 9.17) is 0 Å². The molecule has 0 amide bonds. The number of hydrogen-bond donors (Lipinski definition) is 0. The minimum Gasteiger partial charge on any atom is -0.0885 e. The summed E-state index contributed by atoms with van der Waals surface area (Å²) in [5.41, 5.74) is 0. The largest absolute Gasteiger partial charge is 0.0885 e. The van der Waals surface area contributed by atoms with Crippen LogP contribution in [0.15, 0.2) is 24.3 Å². The predicted molar refractivity (Wildman–Crippen MR) is 73.7 cm³/mol. The zero-order valence-electron chi connectivity index (χ0n) is 10.8. The average molecular weight is 220 g/mol. The summed E-state index contributed by atoms with van der Waals surface area (Å²) in [7, 11) is 0. The maximum Gasteiger partial charge on any atom is -0.0351 e. The highest BCUT2D eigenvalue weighted by molar-refractivity contribution is 4.83. The second-order valence-corrected chi connectivity index (χ2v) is 4.93. The zero-order chi connectivity index (χ0) is 11.3. The van der Waals surface area contributed by atoms with E-state index in [1.54, 1.807) is 0 Å². The van der Waals surface area contributed by atoms with Gasteiger partial charge >= 0.3 is 0 Å². The Morgan fingerprint density at radius 2 is 0.562 bits per heavy atom. The summed E-state index contributed by atoms with van der Waals surface area (Å²) in [6, 6.07) is 0. The lowest BCUT2D eigenvalue weighted by atomic mass is 10.1. The monoisotopic (exact) mass is 220 g/mol. The lowest BCUT2D eigenvalue weighted by Crippen LogP contribution is -1.80. The van der Waals surface area contributed by atoms with Gasteiger partial charge in [-0.3, -0.25) is 0 Å². The van der Waals surface area contributed by atoms with Crippen LogP contribution in [0, 0.1) is 0 Å². The lowest BCUT2D eigenvalue weighted by Gasteiger charge is -2.00. The number of rotatable bonds is 0. The van der Waals surface area contributed by atoms with Gasteiger partial charge in [0, 0.05) is 0 Å². The summed E-state index contributed by atoms with van der Waals surface area (Å²) in [5.74, 6) is 0. The van der Waals surface area contributed by atoms with Crippen LogP contribution in [0.25, 0.3) is 0 Å². The van der Waals surface area contributed by atoms with Gasteiger partial charge in [-0.25, -0.2) is 0 Å². The van der Waals surface area contributed by atoms with E-state index < -0.39 is 0 Å². The lowest BCUT2D eigenvalue weighted by molar-refractivity contribution is 0.638. The van der Waals surface area contributed by atoms with Crippen molar-refractivity contribution in [2.24, 2.45) is 0 Å². The first-order chi connectivity index (χ1) is 8.00. The van der Waals surface area contributed by atoms with E-state index in [1.165, 1.54) is 77.0 Å². The minimum atomic E-state index is 1.30. The first kappa shape index (κ1) is 13.5. The molecule has 0 heterocycles. The number of hydrogen-bond acceptors (Lipinski definition) is 0. The van der Waals surface area contributed by atoms with Crippen molar-refractivity contribution < 1.29 is 0 Å². The molecule has 1 aliphatic rings. The minimum absolute atomic E-state index is 1.30. The molecule has 1 rings (SSSR count). The average Bonchev–Trinajstić information content (AvgIpc) is 2.29. The first-order valence-corrected chi connectivity index (χ1v) is 7.30. The second-order valence-electron chi connectivity index (χ2n) is 4.93. The molecule has 0 unspecified atom stereocenters. The molecule has 0 nitrogen and oxygen atoms in total. The molecule has 0 aromatic carbocycles. The van der Waals surface area contributed by atoms with Crippen LogP contribution >= 0.6 is 0 Å². The zero-order valence-corrected chi connectivity index (χ0v) is 10.8. The van der Waals surface area contributed by atoms with Crippen LogP contribution in [0.1, 0.15) is 77.0 Å². The third kappa shape index (κ3) is 8.76. The summed E-state index contributed by atoms with van der Waals surface area (Å²) in [5, 5.41) is 0. The van der Waals surface area contributed by atoms with Gasteiger partial charge in [-0.1, -0.05) is 50.0 Å². The van der Waals surface area contributed by atoms with Gasteiger partial charge in [-0.15, -0.1) is 0 Å². The van der Waals surface area contributed by atoms with Crippen molar-refractivity contribution in [3.05, 3.63) is 24.3 Å². The summed E-state index contributed by atoms with van der Waals surface area (Å²) < 4.78 is 0. The molecule has 0 aromatic heterocycles. The Labute approximate surface area is 102 Å². The van der Waals surface area contributed by atoms with Crippen LogP contribution in [-0.4, -0.2) is 0 Å². The van der Waals surface area contributed by atoms with E-state index in [9.17, 15) is 0 Å². The summed E-state index contributed by atoms with van der Waals surface area (Å²) in [6.07, 6.45) is 26.0. The van der Waals surface area contributed by atoms with Crippen LogP contribution in [0.4, 0.5) is 0 Å². The van der Waals surface area contributed by atoms with Crippen molar-refractivity contribution in [3.63, 3.8) is 0 Å². The Kier molecular flexibility index (Phi) is 9.30. The smallest absolute Gasteiger partial charge is 0.0351 e. The summed E-state index contributed by atoms with van der Waals surface area (Å²) >= 11 is 0. The van der Waals surface area contributed by atoms with Crippen LogP contribution in [0.2, 0.25) is 0 Å². The van der Waals surface area contributed by atoms with E-state index in [0.717, 1.165) is 0 Å². The van der Waals surface area contributed by atoms with Gasteiger partial charge in [0.15, 0.2) is 0 Å². The Morgan fingerprint density at radius 1 is 0.312 bits per heavy atom. The molecule has 0 aliphatic heterocycles. The highest BCUT2D eigenvalue weighted by Crippen LogP contribution is 2.10. The van der Waals surface area contributed by atoms with E-state index in [0.29, 0.717) is 0 Å². The summed E-state index contributed by atoms with van der Waals surface area (Å²) in [6.45, 7) is 0. The highest BCUT2D eigenvalue weighted by Gasteiger charge is 1.90. The van der Waals surface area contributed by atoms with Gasteiger partial charge in [-0.2, -0.15) is 0 Å². The molecule has 92 valence electrons. The maximum atomic E-state index is 2.39. The molecule has 0 fully saturated rings. The molecule has 0 bridgehead atoms. The third-order valence-corrected chi connectivity index (χ3v) is 3.32. The first-order valence-electron chi connectivity index (χ1n) is 7.30. The van der Waals surface area contributed by atoms with Gasteiger partial charge in [0.25, 0.3) is 0 Å². The molecule has 0 saturated heterocycles. The summed E-state index contributed by atoms with van der Waals surface area (Å²) in [4.78, 5) is 0. The van der Waals surface area contributed by atoms with Crippen molar-refractivity contribution >= 4 is 0 Å². The van der Waals surface area contributed by atoms with Crippen molar-refractivity contribution in [1.29, 1.82) is 0 Å². The normalized spacial score (nSPS) is 26.0. The van der Waals surface area contributed by atoms with Crippen LogP contribution in [0.5, 0.6) is 0 Å². The van der Waals surface area contributed by atoms with Crippen molar-refractivity contribution in [2.75, 3.05) is 0 Å². The molecule has 16 heavy (non-hydrogen) atoms. The van der Waals surface area contributed by atoms with Gasteiger partial charge in [0.05, 0.1) is 0 Å². The molecule has 0 radical (unpaired) electrons. The van der Waals surface area contributed by atoms with Crippen molar-refractivity contribution in [3.8, 4) is 0 Å².